The molecule has 0 radical (unpaired) electrons. The molecule has 17 rings (SSSR count). The molecule has 8 heterocycles. The molecule has 8 aromatic heterocycles. The van der Waals surface area contributed by atoms with E-state index in [0.29, 0.717) is 110 Å². The molecule has 0 aliphatic heterocycles. The first-order valence-electron chi connectivity index (χ1n) is 42.6. The van der Waals surface area contributed by atoms with Crippen LogP contribution in [-0.2, 0) is 52.5 Å². The molecule has 9 fully saturated rings. The lowest BCUT2D eigenvalue weighted by molar-refractivity contribution is -0.385. The van der Waals surface area contributed by atoms with Gasteiger partial charge in [-0.05, 0) is 120 Å². The van der Waals surface area contributed by atoms with Crippen molar-refractivity contribution in [3.8, 4) is 0 Å². The van der Waals surface area contributed by atoms with Crippen LogP contribution in [0.1, 0.15) is 203 Å². The SMILES string of the molecule is COC(=O)C1CC(O)C1.COC(=O)C1CC(OS(C)(=O)=O)C1.COC(=O)C1CC(n2cc([N+](=O)[O-])c(C)n2)C1.Cc1[nH]ncc1[N+](=O)[O-].Cc1nn(C2CC(C(=O)O)C2)cc1[N+](=O)[O-].Cc1nn(C2CC(C(N)=O)C2)cc1[N+](=O)[O-].[C-]#[N+]C1CC(n2cc(N)c(C)n2)C1.[C-]#[N+]C1CC(n2cc([N+](=O)[O-])c(C)n2)C1.[C-]#[N+]C1CC(n2ncc(N)c2C)C1.[C-]#[N+]C1CC(n2ncc([N+](=O)[O-])c2C)C1. The highest BCUT2D eigenvalue weighted by Gasteiger charge is 2.44. The van der Waals surface area contributed by atoms with Crippen molar-refractivity contribution in [3.05, 3.63) is 201 Å². The molecule has 1 amide bonds. The number of nitrogens with two attached hydrogens (primary N) is 3. The lowest BCUT2D eigenvalue weighted by Gasteiger charge is -2.32. The first-order chi connectivity index (χ1) is 64.0. The van der Waals surface area contributed by atoms with Gasteiger partial charge in [0.2, 0.25) is 30.1 Å². The molecule has 136 heavy (non-hydrogen) atoms. The van der Waals surface area contributed by atoms with E-state index in [1.54, 1.807) is 66.5 Å². The van der Waals surface area contributed by atoms with E-state index in [1.807, 2.05) is 29.4 Å². The van der Waals surface area contributed by atoms with Crippen LogP contribution >= 0.6 is 0 Å². The van der Waals surface area contributed by atoms with Gasteiger partial charge >= 0.3 is 58.0 Å². The number of rotatable bonds is 20. The van der Waals surface area contributed by atoms with E-state index in [-0.39, 0.29) is 154 Å². The van der Waals surface area contributed by atoms with Gasteiger partial charge in [0.05, 0.1) is 164 Å². The van der Waals surface area contributed by atoms with E-state index in [4.69, 9.17) is 53.7 Å². The zero-order chi connectivity index (χ0) is 101. The number of aliphatic hydroxyl groups is 1. The number of nitrogen functional groups attached to an aromatic ring is 2. The van der Waals surface area contributed by atoms with Crippen molar-refractivity contribution in [2.45, 2.75) is 250 Å². The first kappa shape index (κ1) is 106. The highest BCUT2D eigenvalue weighted by Crippen LogP contribution is 2.44. The molecule has 0 atom stereocenters. The summed E-state index contributed by atoms with van der Waals surface area (Å²) in [5.74, 6) is -2.63. The number of hydrogen-bond donors (Lipinski definition) is 6. The van der Waals surface area contributed by atoms with Crippen LogP contribution in [0.25, 0.3) is 19.4 Å². The molecule has 9 saturated carbocycles. The second-order valence-electron chi connectivity index (χ2n) is 33.9. The van der Waals surface area contributed by atoms with E-state index in [1.165, 1.54) is 63.2 Å². The van der Waals surface area contributed by atoms with Crippen molar-refractivity contribution in [2.75, 3.05) is 39.1 Å². The molecular weight excluding hydrogens is 1810 g/mol. The Morgan fingerprint density at radius 1 is 0.419 bits per heavy atom. The lowest BCUT2D eigenvalue weighted by Crippen LogP contribution is -2.38. The number of nitro groups is 6. The summed E-state index contributed by atoms with van der Waals surface area (Å²) in [6, 6.07) is 1.77. The molecule has 55 heteroatoms. The number of carboxylic acid groups (broad SMARTS) is 1. The molecule has 0 saturated heterocycles. The van der Waals surface area contributed by atoms with Gasteiger partial charge in [0.15, 0.2) is 0 Å². The highest BCUT2D eigenvalue weighted by atomic mass is 32.2. The summed E-state index contributed by atoms with van der Waals surface area (Å²) < 4.78 is 51.3. The zero-order valence-electron chi connectivity index (χ0n) is 76.3. The minimum Gasteiger partial charge on any atom is -0.481 e. The maximum absolute atomic E-state index is 11.2. The molecule has 0 spiro atoms. The van der Waals surface area contributed by atoms with Crippen molar-refractivity contribution in [1.82, 2.24) is 78.7 Å². The van der Waals surface area contributed by atoms with E-state index < -0.39 is 45.6 Å². The molecule has 9 aliphatic carbocycles. The average molecular weight is 1920 g/mol. The molecule has 54 nitrogen and oxygen atoms in total. The standard InChI is InChI=1S/C10H13N3O4.C9H12N4O3.2C9H10N4O2.2C9H12N4.C9H11N3O4.C7H12O5S.C6H10O3.C4H5N3O2/c1-6-9(13(15)16)5-12(11-6)8-3-7(4-8)10(14)17-2;1-5-8(13(15)16)4-12(11-5)7-2-6(3-7)9(10)14;1-6-9(13(14)15)5-12(11-6)8-3-7(4-8)10-2;1-6-9(13(14)15)5-11-12(6)8-3-7(4-8)10-2;1-6-9(10)5-13(12-6)8-3-7(4-8)11-2;1-6-9(10)5-12-13(6)8-3-7(4-8)11-2;1-5-8(12(15)16)4-11(10-5)7-2-6(3-7)9(13)14;1-11-7(8)5-3-6(4-5)12-13(2,9)10;1-9-6(8)4-2-5(7)3-4;1-3-4(7(8)9)2-5-6-3/h5,7-8H,3-4H2,1-2H3;4,6-7H,2-3H2,1H3,(H2,10,14);2*5,7-8H,3-4H2,1H3;2*5,7-8H,3-4,10H2,1H3;4,6-7H,2-3H2,1H3,(H,13,14);5-6H,3-4H2,1-2H3;4-5,7H,2-3H2,1H3;2H,1H3,(H,5,6). The van der Waals surface area contributed by atoms with Gasteiger partial charge in [-0.2, -0.15) is 49.2 Å². The van der Waals surface area contributed by atoms with Crippen LogP contribution in [0.4, 0.5) is 45.5 Å². The van der Waals surface area contributed by atoms with Crippen molar-refractivity contribution in [3.63, 3.8) is 0 Å². The largest absolute Gasteiger partial charge is 0.481 e. The van der Waals surface area contributed by atoms with Gasteiger partial charge in [0.1, 0.15) is 71.3 Å². The maximum atomic E-state index is 11.2. The summed E-state index contributed by atoms with van der Waals surface area (Å²) in [4.78, 5) is 128. The number of aromatic amines is 1. The lowest BCUT2D eigenvalue weighted by atomic mass is 9.80. The van der Waals surface area contributed by atoms with Crippen LogP contribution < -0.4 is 17.2 Å². The van der Waals surface area contributed by atoms with E-state index in [9.17, 15) is 93.1 Å². The number of aliphatic carboxylic acids is 1. The van der Waals surface area contributed by atoms with Crippen LogP contribution in [0, 0.1) is 172 Å². The summed E-state index contributed by atoms with van der Waals surface area (Å²) in [6.07, 6.45) is 24.3. The number of anilines is 2. The zero-order valence-corrected chi connectivity index (χ0v) is 77.2. The maximum Gasteiger partial charge on any atom is 0.309 e. The third kappa shape index (κ3) is 27.8. The van der Waals surface area contributed by atoms with Gasteiger partial charge in [-0.1, -0.05) is 0 Å². The van der Waals surface area contributed by atoms with Crippen molar-refractivity contribution >= 4 is 85.4 Å². The van der Waals surface area contributed by atoms with Crippen LogP contribution in [0.3, 0.4) is 0 Å². The summed E-state index contributed by atoms with van der Waals surface area (Å²) in [7, 11) is 0.648. The molecule has 9 N–H and O–H groups in total. The number of amides is 1. The number of aromatic nitrogens is 16. The second kappa shape index (κ2) is 47.0. The molecular formula is C81H107N29O25S. The summed E-state index contributed by atoms with van der Waals surface area (Å²) in [5.41, 5.74) is 22.7. The average Bonchev–Trinajstić information content (AvgIpc) is 1.64. The molecule has 8 aromatic rings. The fourth-order valence-electron chi connectivity index (χ4n) is 15.2. The number of nitrogens with one attached hydrogen (secondary N) is 1. The Morgan fingerprint density at radius 3 is 0.978 bits per heavy atom. The normalized spacial score (nSPS) is 24.4. The number of aryl methyl sites for hydroxylation is 6. The highest BCUT2D eigenvalue weighted by molar-refractivity contribution is 7.86. The number of carbonyl (C=O) groups is 5. The number of nitrogens with zero attached hydrogens (tertiary/aromatic N) is 25. The molecule has 732 valence electrons. The summed E-state index contributed by atoms with van der Waals surface area (Å²) in [6.45, 7) is 40.9. The van der Waals surface area contributed by atoms with Gasteiger partial charge < -0.3 is 61.0 Å². The van der Waals surface area contributed by atoms with Gasteiger partial charge in [-0.15, -0.1) is 0 Å². The Hall–Kier alpha value is -15.1. The Morgan fingerprint density at radius 2 is 0.721 bits per heavy atom. The quantitative estimate of drug-likeness (QED) is 0.0103. The number of H-pyrrole nitrogens is 1. The summed E-state index contributed by atoms with van der Waals surface area (Å²) in [5, 5.41) is 115. The van der Waals surface area contributed by atoms with E-state index in [0.717, 1.165) is 80.4 Å². The predicted molar refractivity (Wildman–Crippen MR) is 475 cm³/mol. The Labute approximate surface area is 776 Å². The third-order valence-corrected chi connectivity index (χ3v) is 25.1. The fraction of sp³-hybridized carbons (Fsp3) is 0.593. The topological polar surface area (TPSA) is 705 Å². The number of ether oxygens (including phenoxy) is 3. The number of esters is 3. The van der Waals surface area contributed by atoms with Crippen LogP contribution in [0.2, 0.25) is 0 Å². The summed E-state index contributed by atoms with van der Waals surface area (Å²) >= 11 is 0. The van der Waals surface area contributed by atoms with Gasteiger partial charge in [-0.3, -0.25) is 127 Å². The molecule has 9 aliphatic rings. The van der Waals surface area contributed by atoms with Gasteiger partial charge in [-0.25, -0.2) is 26.3 Å². The Bertz CT molecular complexity index is 5810. The van der Waals surface area contributed by atoms with Crippen LogP contribution in [0.5, 0.6) is 0 Å². The van der Waals surface area contributed by atoms with Gasteiger partial charge in [0.25, 0.3) is 10.1 Å². The number of hydrogen-bond acceptors (Lipinski definition) is 34. The van der Waals surface area contributed by atoms with E-state index in [2.05, 4.69) is 83.7 Å². The molecule has 0 bridgehead atoms. The molecule has 0 aromatic carbocycles. The second-order valence-corrected chi connectivity index (χ2v) is 35.5. The van der Waals surface area contributed by atoms with Crippen molar-refractivity contribution in [2.24, 2.45) is 35.3 Å². The van der Waals surface area contributed by atoms with Gasteiger partial charge in [0, 0.05) is 63.5 Å². The predicted octanol–water partition coefficient (Wildman–Crippen LogP) is 9.60. The number of methoxy groups -OCH3 is 3. The minimum absolute atomic E-state index is 0.0150. The smallest absolute Gasteiger partial charge is 0.309 e. The number of primary amides is 1. The van der Waals surface area contributed by atoms with Crippen molar-refractivity contribution in [1.29, 1.82) is 0 Å². The monoisotopic (exact) mass is 1920 g/mol. The Kier molecular flexibility index (Phi) is 36.7. The number of carboxylic acids is 1. The van der Waals surface area contributed by atoms with Crippen molar-refractivity contribution < 1.29 is 90.5 Å². The Balaban J connectivity index is 0.000000187. The number of carbonyl (C=O) groups excluding carboxylic acids is 4. The first-order valence-corrected chi connectivity index (χ1v) is 44.4. The van der Waals surface area contributed by atoms with Crippen LogP contribution in [-0.4, -0.2) is 221 Å². The minimum atomic E-state index is -3.39. The van der Waals surface area contributed by atoms with E-state index >= 15 is 0 Å². The van der Waals surface area contributed by atoms with Crippen LogP contribution in [0.15, 0.2) is 49.6 Å². The fourth-order valence-corrected chi connectivity index (χ4v) is 15.9. The number of aliphatic hydroxyl groups excluding tert-OH is 1. The third-order valence-electron chi connectivity index (χ3n) is 24.5. The molecule has 0 unspecified atom stereocenters.